The van der Waals surface area contributed by atoms with Crippen LogP contribution >= 0.6 is 0 Å². The van der Waals surface area contributed by atoms with E-state index in [0.29, 0.717) is 11.8 Å². The van der Waals surface area contributed by atoms with Gasteiger partial charge in [0.05, 0.1) is 0 Å². The molecule has 0 fully saturated rings. The zero-order valence-electron chi connectivity index (χ0n) is 14.5. The van der Waals surface area contributed by atoms with E-state index in [1.807, 2.05) is 0 Å². The molecule has 1 aliphatic heterocycles. The fraction of sp³-hybridized carbons (Fsp3) is 0.217. The van der Waals surface area contributed by atoms with Gasteiger partial charge in [0.25, 0.3) is 0 Å². The van der Waals surface area contributed by atoms with Crippen molar-refractivity contribution in [2.45, 2.75) is 25.6 Å². The molecule has 0 saturated heterocycles. The molecule has 1 nitrogen and oxygen atoms in total. The third-order valence-electron chi connectivity index (χ3n) is 5.78. The van der Waals surface area contributed by atoms with Crippen molar-refractivity contribution >= 4 is 24.1 Å². The molecule has 0 spiro atoms. The van der Waals surface area contributed by atoms with Crippen molar-refractivity contribution in [3.63, 3.8) is 0 Å². The minimum absolute atomic E-state index is 0.472. The number of anilines is 2. The van der Waals surface area contributed by atoms with Gasteiger partial charge in [0.2, 0.25) is 0 Å². The van der Waals surface area contributed by atoms with Crippen LogP contribution in [0.25, 0.3) is 0 Å². The van der Waals surface area contributed by atoms with Crippen molar-refractivity contribution in [3.8, 4) is 0 Å². The Labute approximate surface area is 150 Å². The normalized spacial score (nSPS) is 23.3. The molecule has 0 amide bonds. The zero-order chi connectivity index (χ0) is 16.8. The lowest BCUT2D eigenvalue weighted by atomic mass is 9.69. The van der Waals surface area contributed by atoms with Gasteiger partial charge in [-0.2, -0.15) is 0 Å². The van der Waals surface area contributed by atoms with Crippen LogP contribution < -0.4 is 10.4 Å². The second kappa shape index (κ2) is 5.80. The van der Waals surface area contributed by atoms with E-state index in [-0.39, 0.29) is 0 Å². The van der Waals surface area contributed by atoms with Crippen molar-refractivity contribution in [2.24, 2.45) is 5.92 Å². The summed E-state index contributed by atoms with van der Waals surface area (Å²) in [7, 11) is 2.20. The molecule has 2 atom stereocenters. The molecule has 2 heteroatoms. The van der Waals surface area contributed by atoms with Crippen LogP contribution in [0, 0.1) is 5.92 Å². The highest BCUT2D eigenvalue weighted by molar-refractivity contribution is 6.52. The zero-order valence-corrected chi connectivity index (χ0v) is 14.5. The lowest BCUT2D eigenvalue weighted by Gasteiger charge is -2.33. The number of hydrogen-bond donors (Lipinski definition) is 0. The summed E-state index contributed by atoms with van der Waals surface area (Å²) in [6, 6.07) is 17.7. The summed E-state index contributed by atoms with van der Waals surface area (Å²) in [5.41, 5.74) is 8.32. The van der Waals surface area contributed by atoms with Crippen LogP contribution in [0.15, 0.2) is 84.1 Å². The predicted octanol–water partition coefficient (Wildman–Crippen LogP) is 5.09. The predicted molar refractivity (Wildman–Crippen MR) is 107 cm³/mol. The number of hydrogen-bond acceptors (Lipinski definition) is 1. The summed E-state index contributed by atoms with van der Waals surface area (Å²) in [5, 5.41) is 0. The van der Waals surface area contributed by atoms with Gasteiger partial charge < -0.3 is 4.90 Å². The van der Waals surface area contributed by atoms with Gasteiger partial charge in [0.15, 0.2) is 0 Å². The van der Waals surface area contributed by atoms with E-state index in [1.165, 1.54) is 46.5 Å². The van der Waals surface area contributed by atoms with Crippen LogP contribution in [-0.2, 0) is 0 Å². The molecule has 0 N–H and O–H groups in total. The first kappa shape index (κ1) is 14.8. The average molecular weight is 322 g/mol. The minimum Gasteiger partial charge on any atom is -0.313 e. The van der Waals surface area contributed by atoms with Gasteiger partial charge in [-0.1, -0.05) is 60.8 Å². The summed E-state index contributed by atoms with van der Waals surface area (Å²) < 4.78 is 0. The van der Waals surface area contributed by atoms with E-state index in [1.54, 1.807) is 0 Å². The van der Waals surface area contributed by atoms with Gasteiger partial charge in [0.1, 0.15) is 7.28 Å². The SMILES string of the molecule is C[B]c1ccc2c(c1)C1C(=CC=C3C=CCCC31)N2c1ccccc1. The van der Waals surface area contributed by atoms with Crippen LogP contribution in [0.4, 0.5) is 11.4 Å². The van der Waals surface area contributed by atoms with Gasteiger partial charge in [-0.05, 0) is 54.2 Å². The minimum atomic E-state index is 0.472. The Kier molecular flexibility index (Phi) is 3.44. The molecule has 1 radical (unpaired) electrons. The standard InChI is InChI=1S/C23H21BN/c1-24-17-12-14-21-20(15-17)23-19-10-6-5-7-16(19)11-13-22(23)25(21)18-8-3-2-4-9-18/h2-5,7-9,11-15,19,23H,6,10H2,1H3. The summed E-state index contributed by atoms with van der Waals surface area (Å²) in [6.07, 6.45) is 11.8. The monoisotopic (exact) mass is 322 g/mol. The van der Waals surface area contributed by atoms with Crippen molar-refractivity contribution in [3.05, 3.63) is 89.7 Å². The number of benzene rings is 2. The van der Waals surface area contributed by atoms with E-state index in [4.69, 9.17) is 0 Å². The van der Waals surface area contributed by atoms with E-state index in [0.717, 1.165) is 0 Å². The second-order valence-corrected chi connectivity index (χ2v) is 7.10. The lowest BCUT2D eigenvalue weighted by Crippen LogP contribution is -2.23. The highest BCUT2D eigenvalue weighted by Gasteiger charge is 2.41. The first-order valence-electron chi connectivity index (χ1n) is 9.23. The summed E-state index contributed by atoms with van der Waals surface area (Å²) in [5.74, 6) is 1.07. The molecule has 5 rings (SSSR count). The van der Waals surface area contributed by atoms with Gasteiger partial charge in [0, 0.05) is 23.0 Å². The summed E-state index contributed by atoms with van der Waals surface area (Å²) in [6.45, 7) is 2.12. The molecule has 2 unspecified atom stereocenters. The van der Waals surface area contributed by atoms with Crippen LogP contribution in [0.3, 0.4) is 0 Å². The fourth-order valence-electron chi connectivity index (χ4n) is 4.61. The smallest absolute Gasteiger partial charge is 0.148 e. The molecular weight excluding hydrogens is 301 g/mol. The molecule has 121 valence electrons. The first-order chi connectivity index (χ1) is 12.4. The molecule has 2 aromatic carbocycles. The second-order valence-electron chi connectivity index (χ2n) is 7.10. The highest BCUT2D eigenvalue weighted by atomic mass is 15.2. The van der Waals surface area contributed by atoms with Crippen molar-refractivity contribution in [1.29, 1.82) is 0 Å². The van der Waals surface area contributed by atoms with Gasteiger partial charge >= 0.3 is 0 Å². The van der Waals surface area contributed by atoms with Crippen LogP contribution in [0.1, 0.15) is 24.3 Å². The third kappa shape index (κ3) is 2.24. The molecule has 25 heavy (non-hydrogen) atoms. The quantitative estimate of drug-likeness (QED) is 0.696. The maximum Gasteiger partial charge on any atom is 0.148 e. The van der Waals surface area contributed by atoms with E-state index < -0.39 is 0 Å². The average Bonchev–Trinajstić information content (AvgIpc) is 3.02. The van der Waals surface area contributed by atoms with Crippen LogP contribution in [0.2, 0.25) is 6.82 Å². The van der Waals surface area contributed by atoms with E-state index in [9.17, 15) is 0 Å². The van der Waals surface area contributed by atoms with Crippen LogP contribution in [-0.4, -0.2) is 7.28 Å². The topological polar surface area (TPSA) is 3.24 Å². The Balaban J connectivity index is 1.72. The fourth-order valence-corrected chi connectivity index (χ4v) is 4.61. The maximum atomic E-state index is 2.46. The Hall–Kier alpha value is -2.48. The Morgan fingerprint density at radius 1 is 1.04 bits per heavy atom. The molecule has 2 aliphatic carbocycles. The van der Waals surface area contributed by atoms with E-state index in [2.05, 4.69) is 91.8 Å². The van der Waals surface area contributed by atoms with Gasteiger partial charge in [-0.15, -0.1) is 0 Å². The number of rotatable bonds is 2. The maximum absolute atomic E-state index is 2.46. The highest BCUT2D eigenvalue weighted by Crippen LogP contribution is 2.55. The van der Waals surface area contributed by atoms with E-state index >= 15 is 0 Å². The molecule has 0 aromatic heterocycles. The first-order valence-corrected chi connectivity index (χ1v) is 9.23. The molecule has 1 heterocycles. The largest absolute Gasteiger partial charge is 0.313 e. The Morgan fingerprint density at radius 3 is 2.76 bits per heavy atom. The molecule has 2 aromatic rings. The third-order valence-corrected chi connectivity index (χ3v) is 5.78. The Bertz CT molecular complexity index is 907. The summed E-state index contributed by atoms with van der Waals surface area (Å²) >= 11 is 0. The molecule has 0 saturated carbocycles. The van der Waals surface area contributed by atoms with Gasteiger partial charge in [-0.3, -0.25) is 0 Å². The molecule has 3 aliphatic rings. The van der Waals surface area contributed by atoms with Crippen molar-refractivity contribution in [2.75, 3.05) is 4.90 Å². The molecular formula is C23H21BN. The number of fused-ring (bicyclic) bond motifs is 5. The molecule has 0 bridgehead atoms. The lowest BCUT2D eigenvalue weighted by molar-refractivity contribution is 0.497. The van der Waals surface area contributed by atoms with Crippen LogP contribution in [0.5, 0.6) is 0 Å². The van der Waals surface area contributed by atoms with Crippen molar-refractivity contribution in [1.82, 2.24) is 0 Å². The van der Waals surface area contributed by atoms with Crippen molar-refractivity contribution < 1.29 is 0 Å². The number of nitrogens with zero attached hydrogens (tertiary/aromatic N) is 1. The Morgan fingerprint density at radius 2 is 1.92 bits per heavy atom. The summed E-state index contributed by atoms with van der Waals surface area (Å²) in [4.78, 5) is 2.46. The van der Waals surface area contributed by atoms with Gasteiger partial charge in [-0.25, -0.2) is 0 Å². The number of allylic oxidation sites excluding steroid dienone is 6. The number of para-hydroxylation sites is 1.